The Balaban J connectivity index is 1.24. The highest BCUT2D eigenvalue weighted by atomic mass is 15.1. The lowest BCUT2D eigenvalue weighted by Crippen LogP contribution is -2.60. The molecule has 2 nitrogen and oxygen atoms in total. The maximum Gasteiger partial charge on any atom is 0.253 e. The van der Waals surface area contributed by atoms with Crippen molar-refractivity contribution in [3.63, 3.8) is 0 Å². The van der Waals surface area contributed by atoms with Crippen molar-refractivity contribution in [2.75, 3.05) is 0 Å². The van der Waals surface area contributed by atoms with Crippen molar-refractivity contribution in [3.8, 4) is 44.9 Å². The van der Waals surface area contributed by atoms with Crippen LogP contribution in [-0.4, -0.2) is 15.8 Å². The number of hydrogen-bond donors (Lipinski definition) is 0. The lowest BCUT2D eigenvalue weighted by Gasteiger charge is -2.44. The number of nitrogens with zero attached hydrogens (tertiary/aromatic N) is 2. The molecule has 11 aromatic rings. The SMILES string of the molecule is CC(C)c1cc2c3c(c1)c1cc(C(C)C)cc4c1n3-c1c(ccc3c1B2c1c2ccccc2cc2c(-c5ccccc5)c(-c5ccccc5)n-3c12)C41c2ccccc2-c2ccccc21. The molecule has 4 aliphatic rings. The summed E-state index contributed by atoms with van der Waals surface area (Å²) in [5.74, 6) is 0.721. The van der Waals surface area contributed by atoms with Gasteiger partial charge < -0.3 is 9.13 Å². The second-order valence-corrected chi connectivity index (χ2v) is 19.5. The molecule has 0 N–H and O–H groups in total. The summed E-state index contributed by atoms with van der Waals surface area (Å²) in [4.78, 5) is 0. The minimum absolute atomic E-state index is 0.00117. The Morgan fingerprint density at radius 3 is 1.75 bits per heavy atom. The lowest BCUT2D eigenvalue weighted by molar-refractivity contribution is 0.743. The van der Waals surface area contributed by atoms with Crippen LogP contribution in [0, 0.1) is 0 Å². The van der Waals surface area contributed by atoms with Crippen LogP contribution in [0.1, 0.15) is 72.9 Å². The van der Waals surface area contributed by atoms with Crippen LogP contribution in [0.5, 0.6) is 0 Å². The van der Waals surface area contributed by atoms with Gasteiger partial charge in [-0.3, -0.25) is 0 Å². The number of benzene rings is 9. The largest absolute Gasteiger partial charge is 0.310 e. The molecule has 300 valence electrons. The summed E-state index contributed by atoms with van der Waals surface area (Å²) in [7, 11) is 0. The van der Waals surface area contributed by atoms with E-state index in [-0.39, 0.29) is 6.71 Å². The van der Waals surface area contributed by atoms with Gasteiger partial charge in [-0.15, -0.1) is 0 Å². The minimum atomic E-state index is -0.517. The van der Waals surface area contributed by atoms with E-state index in [1.807, 2.05) is 0 Å². The third kappa shape index (κ3) is 3.99. The Labute approximate surface area is 373 Å². The summed E-state index contributed by atoms with van der Waals surface area (Å²) in [6, 6.07) is 68.1. The molecule has 2 aromatic heterocycles. The fourth-order valence-electron chi connectivity index (χ4n) is 13.2. The molecule has 3 aliphatic heterocycles. The van der Waals surface area contributed by atoms with Crippen LogP contribution in [0.4, 0.5) is 0 Å². The zero-order valence-corrected chi connectivity index (χ0v) is 36.4. The topological polar surface area (TPSA) is 9.86 Å². The summed E-state index contributed by atoms with van der Waals surface area (Å²) in [5, 5.41) is 6.68. The number of aromatic nitrogens is 2. The van der Waals surface area contributed by atoms with Gasteiger partial charge in [0.1, 0.15) is 0 Å². The molecule has 0 amide bonds. The highest BCUT2D eigenvalue weighted by Crippen LogP contribution is 2.62. The first-order valence-corrected chi connectivity index (χ1v) is 23.2. The molecule has 0 saturated heterocycles. The molecular weight excluding hydrogens is 771 g/mol. The van der Waals surface area contributed by atoms with E-state index in [4.69, 9.17) is 0 Å². The number of hydrogen-bond acceptors (Lipinski definition) is 0. The van der Waals surface area contributed by atoms with E-state index < -0.39 is 5.41 Å². The second kappa shape index (κ2) is 12.0. The summed E-state index contributed by atoms with van der Waals surface area (Å²) < 4.78 is 5.46. The van der Waals surface area contributed by atoms with E-state index in [0.717, 1.165) is 0 Å². The first kappa shape index (κ1) is 35.1. The fourth-order valence-corrected chi connectivity index (χ4v) is 13.2. The molecule has 0 radical (unpaired) electrons. The van der Waals surface area contributed by atoms with Crippen LogP contribution < -0.4 is 16.4 Å². The lowest BCUT2D eigenvalue weighted by atomic mass is 9.33. The zero-order chi connectivity index (χ0) is 42.3. The van der Waals surface area contributed by atoms with E-state index in [0.29, 0.717) is 11.8 Å². The molecule has 15 rings (SSSR count). The van der Waals surface area contributed by atoms with Crippen molar-refractivity contribution >= 4 is 66.6 Å². The van der Waals surface area contributed by atoms with Crippen LogP contribution in [0.3, 0.4) is 0 Å². The molecule has 0 fully saturated rings. The predicted octanol–water partition coefficient (Wildman–Crippen LogP) is 13.3. The van der Waals surface area contributed by atoms with Gasteiger partial charge in [-0.25, -0.2) is 0 Å². The summed E-state index contributed by atoms with van der Waals surface area (Å²) in [5.41, 5.74) is 26.5. The molecule has 1 spiro atoms. The smallest absolute Gasteiger partial charge is 0.253 e. The van der Waals surface area contributed by atoms with Crippen LogP contribution in [-0.2, 0) is 5.41 Å². The molecule has 0 unspecified atom stereocenters. The molecule has 0 bridgehead atoms. The van der Waals surface area contributed by atoms with Gasteiger partial charge in [0.25, 0.3) is 6.71 Å². The number of rotatable bonds is 4. The fraction of sp³-hybridized carbons (Fsp3) is 0.115. The maximum absolute atomic E-state index is 2.76. The van der Waals surface area contributed by atoms with Crippen LogP contribution in [0.2, 0.25) is 0 Å². The molecule has 9 aromatic carbocycles. The van der Waals surface area contributed by atoms with Crippen molar-refractivity contribution in [1.29, 1.82) is 0 Å². The van der Waals surface area contributed by atoms with Crippen LogP contribution in [0.15, 0.2) is 176 Å². The normalized spacial score (nSPS) is 14.3. The van der Waals surface area contributed by atoms with E-state index in [2.05, 4.69) is 213 Å². The predicted molar refractivity (Wildman–Crippen MR) is 270 cm³/mol. The van der Waals surface area contributed by atoms with Crippen molar-refractivity contribution < 1.29 is 0 Å². The molecule has 64 heavy (non-hydrogen) atoms. The molecular formula is C61H43BN2. The van der Waals surface area contributed by atoms with Gasteiger partial charge in [-0.1, -0.05) is 179 Å². The summed E-state index contributed by atoms with van der Waals surface area (Å²) >= 11 is 0. The Morgan fingerprint density at radius 1 is 0.438 bits per heavy atom. The van der Waals surface area contributed by atoms with E-state index in [1.54, 1.807) is 0 Å². The number of fused-ring (bicyclic) bond motifs is 13. The Bertz CT molecular complexity index is 3850. The quantitative estimate of drug-likeness (QED) is 0.157. The van der Waals surface area contributed by atoms with Gasteiger partial charge in [0.15, 0.2) is 0 Å². The van der Waals surface area contributed by atoms with Gasteiger partial charge in [-0.05, 0) is 119 Å². The zero-order valence-electron chi connectivity index (χ0n) is 36.4. The first-order valence-electron chi connectivity index (χ1n) is 23.2. The average molecular weight is 815 g/mol. The highest BCUT2D eigenvalue weighted by molar-refractivity contribution is 7.01. The Kier molecular flexibility index (Phi) is 6.59. The highest BCUT2D eigenvalue weighted by Gasteiger charge is 2.54. The van der Waals surface area contributed by atoms with Crippen molar-refractivity contribution in [2.45, 2.75) is 44.9 Å². The first-order chi connectivity index (χ1) is 31.4. The van der Waals surface area contributed by atoms with Crippen molar-refractivity contribution in [2.24, 2.45) is 0 Å². The monoisotopic (exact) mass is 814 g/mol. The van der Waals surface area contributed by atoms with Gasteiger partial charge in [0.2, 0.25) is 0 Å². The Hall–Kier alpha value is -7.36. The van der Waals surface area contributed by atoms with Crippen molar-refractivity contribution in [3.05, 3.63) is 209 Å². The maximum atomic E-state index is 2.76. The van der Waals surface area contributed by atoms with Crippen LogP contribution in [0.25, 0.3) is 88.4 Å². The van der Waals surface area contributed by atoms with Gasteiger partial charge in [-0.2, -0.15) is 0 Å². The van der Waals surface area contributed by atoms with E-state index in [1.165, 1.54) is 138 Å². The Morgan fingerprint density at radius 2 is 1.05 bits per heavy atom. The van der Waals surface area contributed by atoms with Gasteiger partial charge >= 0.3 is 0 Å². The average Bonchev–Trinajstić information content (AvgIpc) is 3.96. The molecule has 0 saturated carbocycles. The second-order valence-electron chi connectivity index (χ2n) is 19.5. The van der Waals surface area contributed by atoms with Gasteiger partial charge in [0, 0.05) is 38.6 Å². The minimum Gasteiger partial charge on any atom is -0.310 e. The summed E-state index contributed by atoms with van der Waals surface area (Å²) in [6.45, 7) is 9.48. The van der Waals surface area contributed by atoms with Crippen molar-refractivity contribution in [1.82, 2.24) is 9.13 Å². The van der Waals surface area contributed by atoms with Crippen LogP contribution >= 0.6 is 0 Å². The van der Waals surface area contributed by atoms with E-state index >= 15 is 0 Å². The third-order valence-electron chi connectivity index (χ3n) is 15.8. The standard InChI is InChI=1S/C61H43BN2/c1-34(2)39-30-44-45-31-40(35(3)4)33-51-58(45)64-57(44)50(32-39)61(47-25-15-13-23-42(47)43-24-14-16-26-48(43)61)49-27-28-52-55(60(49)64)62(51)54-41-22-12-11-21-38(41)29-46-53(36-17-7-5-8-18-36)56(63(52)59(46)54)37-19-9-6-10-20-37/h5-35H,1-4H3. The van der Waals surface area contributed by atoms with Gasteiger partial charge in [0.05, 0.1) is 22.1 Å². The van der Waals surface area contributed by atoms with E-state index in [9.17, 15) is 0 Å². The third-order valence-corrected chi connectivity index (χ3v) is 15.8. The molecule has 3 heteroatoms. The molecule has 0 atom stereocenters. The summed E-state index contributed by atoms with van der Waals surface area (Å²) in [6.07, 6.45) is 0. The molecule has 1 aliphatic carbocycles. The molecule has 5 heterocycles.